The predicted octanol–water partition coefficient (Wildman–Crippen LogP) is 2.09. The Kier molecular flexibility index (Phi) is 3.76. The van der Waals surface area contributed by atoms with Gasteiger partial charge in [0.15, 0.2) is 11.5 Å². The summed E-state index contributed by atoms with van der Waals surface area (Å²) in [7, 11) is 0. The normalized spacial score (nSPS) is 27.4. The van der Waals surface area contributed by atoms with Crippen LogP contribution >= 0.6 is 0 Å². The summed E-state index contributed by atoms with van der Waals surface area (Å²) in [6.07, 6.45) is 3.51. The zero-order valence-electron chi connectivity index (χ0n) is 12.2. The summed E-state index contributed by atoms with van der Waals surface area (Å²) >= 11 is 0. The molecule has 1 amide bonds. The smallest absolute Gasteiger partial charge is 0.251 e. The van der Waals surface area contributed by atoms with Crippen LogP contribution in [0.1, 0.15) is 43.0 Å². The first-order chi connectivity index (χ1) is 10.1. The average Bonchev–Trinajstić information content (AvgIpc) is 2.96. The van der Waals surface area contributed by atoms with E-state index in [-0.39, 0.29) is 12.7 Å². The van der Waals surface area contributed by atoms with Crippen LogP contribution in [0.3, 0.4) is 0 Å². The van der Waals surface area contributed by atoms with E-state index in [9.17, 15) is 9.90 Å². The third-order valence-electron chi connectivity index (χ3n) is 4.42. The highest BCUT2D eigenvalue weighted by Gasteiger charge is 2.32. The van der Waals surface area contributed by atoms with Crippen LogP contribution in [-0.2, 0) is 0 Å². The fourth-order valence-corrected chi connectivity index (χ4v) is 2.86. The van der Waals surface area contributed by atoms with Crippen LogP contribution < -0.4 is 14.8 Å². The van der Waals surface area contributed by atoms with Gasteiger partial charge in [0.05, 0.1) is 5.60 Å². The summed E-state index contributed by atoms with van der Waals surface area (Å²) in [5.74, 6) is 1.72. The van der Waals surface area contributed by atoms with Crippen molar-refractivity contribution in [2.75, 3.05) is 13.3 Å². The quantitative estimate of drug-likeness (QED) is 0.895. The Bertz CT molecular complexity index is 535. The van der Waals surface area contributed by atoms with Crippen molar-refractivity contribution in [1.82, 2.24) is 5.32 Å². The maximum absolute atomic E-state index is 12.2. The number of rotatable bonds is 3. The third-order valence-corrected chi connectivity index (χ3v) is 4.42. The van der Waals surface area contributed by atoms with Gasteiger partial charge in [0, 0.05) is 12.1 Å². The van der Waals surface area contributed by atoms with Crippen molar-refractivity contribution in [3.8, 4) is 11.5 Å². The molecule has 2 aliphatic rings. The molecule has 1 aromatic rings. The van der Waals surface area contributed by atoms with E-state index in [1.165, 1.54) is 0 Å². The first kappa shape index (κ1) is 14.2. The van der Waals surface area contributed by atoms with E-state index in [1.54, 1.807) is 18.2 Å². The lowest BCUT2D eigenvalue weighted by molar-refractivity contribution is -0.00540. The molecule has 3 rings (SSSR count). The van der Waals surface area contributed by atoms with Gasteiger partial charge in [-0.3, -0.25) is 4.79 Å². The highest BCUT2D eigenvalue weighted by Crippen LogP contribution is 2.33. The zero-order valence-corrected chi connectivity index (χ0v) is 12.2. The summed E-state index contributed by atoms with van der Waals surface area (Å²) in [4.78, 5) is 12.2. The van der Waals surface area contributed by atoms with Crippen LogP contribution in [0.25, 0.3) is 0 Å². The van der Waals surface area contributed by atoms with Gasteiger partial charge in [-0.1, -0.05) is 6.92 Å². The Balaban J connectivity index is 1.59. The maximum atomic E-state index is 12.2. The summed E-state index contributed by atoms with van der Waals surface area (Å²) in [6, 6.07) is 5.11. The van der Waals surface area contributed by atoms with Crippen molar-refractivity contribution >= 4 is 5.91 Å². The van der Waals surface area contributed by atoms with Crippen LogP contribution in [0.15, 0.2) is 18.2 Å². The average molecular weight is 291 g/mol. The Morgan fingerprint density at radius 2 is 2.05 bits per heavy atom. The second kappa shape index (κ2) is 5.56. The molecule has 0 spiro atoms. The lowest BCUT2D eigenvalue weighted by atomic mass is 9.79. The minimum absolute atomic E-state index is 0.193. The number of carbonyl (C=O) groups is 1. The summed E-state index contributed by atoms with van der Waals surface area (Å²) in [5.41, 5.74) is -0.245. The molecule has 2 N–H and O–H groups in total. The Morgan fingerprint density at radius 1 is 1.33 bits per heavy atom. The van der Waals surface area contributed by atoms with E-state index in [4.69, 9.17) is 9.47 Å². The molecule has 5 heteroatoms. The van der Waals surface area contributed by atoms with Crippen molar-refractivity contribution < 1.29 is 19.4 Å². The number of hydrogen-bond acceptors (Lipinski definition) is 4. The van der Waals surface area contributed by atoms with E-state index in [2.05, 4.69) is 12.2 Å². The molecule has 0 saturated heterocycles. The lowest BCUT2D eigenvalue weighted by Gasteiger charge is -2.34. The number of aliphatic hydroxyl groups is 1. The molecule has 21 heavy (non-hydrogen) atoms. The summed E-state index contributed by atoms with van der Waals surface area (Å²) in [6.45, 7) is 2.69. The van der Waals surface area contributed by atoms with Gasteiger partial charge >= 0.3 is 0 Å². The van der Waals surface area contributed by atoms with Crippen molar-refractivity contribution in [1.29, 1.82) is 0 Å². The number of ether oxygens (including phenoxy) is 2. The Hall–Kier alpha value is -1.75. The molecule has 5 nitrogen and oxygen atoms in total. The molecule has 114 valence electrons. The molecule has 1 aliphatic heterocycles. The van der Waals surface area contributed by atoms with Crippen molar-refractivity contribution in [2.45, 2.75) is 38.2 Å². The molecule has 0 bridgehead atoms. The highest BCUT2D eigenvalue weighted by molar-refractivity contribution is 5.95. The Morgan fingerprint density at radius 3 is 2.81 bits per heavy atom. The van der Waals surface area contributed by atoms with Gasteiger partial charge < -0.3 is 19.9 Å². The number of carbonyl (C=O) groups excluding carboxylic acids is 1. The first-order valence-electron chi connectivity index (χ1n) is 7.46. The van der Waals surface area contributed by atoms with E-state index >= 15 is 0 Å². The number of amides is 1. The third kappa shape index (κ3) is 3.13. The molecule has 0 aromatic heterocycles. The predicted molar refractivity (Wildman–Crippen MR) is 77.5 cm³/mol. The van der Waals surface area contributed by atoms with Gasteiger partial charge in [-0.05, 0) is 49.8 Å². The zero-order chi connectivity index (χ0) is 14.9. The van der Waals surface area contributed by atoms with Crippen LogP contribution in [-0.4, -0.2) is 30.0 Å². The van der Waals surface area contributed by atoms with E-state index < -0.39 is 5.60 Å². The van der Waals surface area contributed by atoms with Gasteiger partial charge in [-0.15, -0.1) is 0 Å². The molecule has 1 aromatic carbocycles. The first-order valence-corrected chi connectivity index (χ1v) is 7.46. The van der Waals surface area contributed by atoms with Gasteiger partial charge in [0.2, 0.25) is 6.79 Å². The van der Waals surface area contributed by atoms with Crippen LogP contribution in [0, 0.1) is 5.92 Å². The van der Waals surface area contributed by atoms with Gasteiger partial charge in [0.25, 0.3) is 5.91 Å². The standard InChI is InChI=1S/C16H21NO4/c1-11-4-6-16(19,7-5-11)9-17-15(18)12-2-3-13-14(8-12)21-10-20-13/h2-3,8,11,19H,4-7,9-10H2,1H3,(H,17,18). The molecule has 1 saturated carbocycles. The molecule has 0 radical (unpaired) electrons. The molecule has 1 fully saturated rings. The fraction of sp³-hybridized carbons (Fsp3) is 0.562. The molecular formula is C16H21NO4. The molecule has 1 aliphatic carbocycles. The van der Waals surface area contributed by atoms with E-state index in [0.29, 0.717) is 29.5 Å². The minimum Gasteiger partial charge on any atom is -0.454 e. The van der Waals surface area contributed by atoms with Crippen LogP contribution in [0.5, 0.6) is 11.5 Å². The second-order valence-electron chi connectivity index (χ2n) is 6.16. The number of fused-ring (bicyclic) bond motifs is 1. The summed E-state index contributed by atoms with van der Waals surface area (Å²) < 4.78 is 10.5. The lowest BCUT2D eigenvalue weighted by Crippen LogP contribution is -2.45. The van der Waals surface area contributed by atoms with E-state index in [1.807, 2.05) is 0 Å². The van der Waals surface area contributed by atoms with Crippen molar-refractivity contribution in [3.63, 3.8) is 0 Å². The number of nitrogens with one attached hydrogen (secondary N) is 1. The number of hydrogen-bond donors (Lipinski definition) is 2. The molecule has 1 heterocycles. The van der Waals surface area contributed by atoms with Crippen LogP contribution in [0.4, 0.5) is 0 Å². The van der Waals surface area contributed by atoms with Crippen molar-refractivity contribution in [2.24, 2.45) is 5.92 Å². The SMILES string of the molecule is CC1CCC(O)(CNC(=O)c2ccc3c(c2)OCO3)CC1. The van der Waals surface area contributed by atoms with Gasteiger partial charge in [0.1, 0.15) is 0 Å². The van der Waals surface area contributed by atoms with Gasteiger partial charge in [-0.2, -0.15) is 0 Å². The Labute approximate surface area is 124 Å². The van der Waals surface area contributed by atoms with Gasteiger partial charge in [-0.25, -0.2) is 0 Å². The fourth-order valence-electron chi connectivity index (χ4n) is 2.86. The monoisotopic (exact) mass is 291 g/mol. The summed E-state index contributed by atoms with van der Waals surface area (Å²) in [5, 5.41) is 13.3. The minimum atomic E-state index is -0.765. The second-order valence-corrected chi connectivity index (χ2v) is 6.16. The van der Waals surface area contributed by atoms with E-state index in [0.717, 1.165) is 25.7 Å². The highest BCUT2D eigenvalue weighted by atomic mass is 16.7. The van der Waals surface area contributed by atoms with Crippen LogP contribution in [0.2, 0.25) is 0 Å². The largest absolute Gasteiger partial charge is 0.454 e. The number of benzene rings is 1. The topological polar surface area (TPSA) is 67.8 Å². The molecule has 0 unspecified atom stereocenters. The molecular weight excluding hydrogens is 270 g/mol. The molecule has 0 atom stereocenters. The maximum Gasteiger partial charge on any atom is 0.251 e. The van der Waals surface area contributed by atoms with Crippen molar-refractivity contribution in [3.05, 3.63) is 23.8 Å².